The fraction of sp³-hybridized carbons (Fsp3) is 0.0769. The molecule has 0 fully saturated rings. The van der Waals surface area contributed by atoms with E-state index in [-0.39, 0.29) is 11.4 Å². The van der Waals surface area contributed by atoms with E-state index in [2.05, 4.69) is 11.1 Å². The number of hydrogen-bond donors (Lipinski definition) is 0. The van der Waals surface area contributed by atoms with Crippen molar-refractivity contribution >= 4 is 39.9 Å². The summed E-state index contributed by atoms with van der Waals surface area (Å²) in [7, 11) is 0. The van der Waals surface area contributed by atoms with E-state index in [1.807, 2.05) is 61.7 Å². The van der Waals surface area contributed by atoms with E-state index in [9.17, 15) is 10.1 Å². The van der Waals surface area contributed by atoms with Crippen LogP contribution in [0.2, 0.25) is 0 Å². The van der Waals surface area contributed by atoms with Crippen LogP contribution in [-0.4, -0.2) is 15.8 Å². The Morgan fingerprint density at radius 2 is 1.82 bits per heavy atom. The number of aromatic nitrogens is 1. The molecule has 0 radical (unpaired) electrons. The molecule has 5 rings (SSSR count). The third-order valence-electron chi connectivity index (χ3n) is 5.40. The molecule has 0 saturated heterocycles. The summed E-state index contributed by atoms with van der Waals surface area (Å²) in [6, 6.07) is 22.3. The maximum atomic E-state index is 11.5. The summed E-state index contributed by atoms with van der Waals surface area (Å²) >= 11 is 1.34. The highest BCUT2D eigenvalue weighted by atomic mass is 32.1. The molecule has 168 valence electrons. The van der Waals surface area contributed by atoms with E-state index in [1.54, 1.807) is 29.1 Å². The SMILES string of the molecule is Cc1ccc(C=Nn2c(-c3cc4ccccc4o3)csc2=Nc2ccccc2[N+](=O)[O-])c(C)c1. The average Bonchev–Trinajstić information content (AvgIpc) is 3.42. The van der Waals surface area contributed by atoms with Gasteiger partial charge in [-0.1, -0.05) is 54.1 Å². The van der Waals surface area contributed by atoms with E-state index in [0.717, 1.165) is 22.1 Å². The van der Waals surface area contributed by atoms with Crippen molar-refractivity contribution in [2.75, 3.05) is 0 Å². The smallest absolute Gasteiger partial charge is 0.294 e. The standard InChI is InChI=1S/C26H20N4O3S/c1-17-11-12-20(18(2)13-17)15-27-29-23(25-14-19-7-3-6-10-24(19)33-25)16-34-26(29)28-21-8-4-5-9-22(21)30(31)32/h3-16H,1-2H3. The van der Waals surface area contributed by atoms with Gasteiger partial charge in [0, 0.05) is 16.8 Å². The molecule has 2 aromatic heterocycles. The Kier molecular flexibility index (Phi) is 5.65. The van der Waals surface area contributed by atoms with Gasteiger partial charge in [0.2, 0.25) is 4.80 Å². The molecule has 7 nitrogen and oxygen atoms in total. The van der Waals surface area contributed by atoms with Gasteiger partial charge in [-0.05, 0) is 43.2 Å². The van der Waals surface area contributed by atoms with E-state index in [0.29, 0.717) is 16.3 Å². The van der Waals surface area contributed by atoms with Gasteiger partial charge in [0.25, 0.3) is 5.69 Å². The Hall–Kier alpha value is -4.30. The van der Waals surface area contributed by atoms with E-state index < -0.39 is 4.92 Å². The van der Waals surface area contributed by atoms with Crippen LogP contribution in [0.3, 0.4) is 0 Å². The number of para-hydroxylation sites is 3. The van der Waals surface area contributed by atoms with Crippen molar-refractivity contribution in [1.82, 2.24) is 4.68 Å². The van der Waals surface area contributed by atoms with E-state index in [4.69, 9.17) is 9.52 Å². The lowest BCUT2D eigenvalue weighted by Crippen LogP contribution is -2.11. The third-order valence-corrected chi connectivity index (χ3v) is 6.21. The van der Waals surface area contributed by atoms with Crippen LogP contribution in [0, 0.1) is 24.0 Å². The molecule has 0 aliphatic carbocycles. The lowest BCUT2D eigenvalue weighted by atomic mass is 10.1. The number of benzene rings is 3. The Morgan fingerprint density at radius 3 is 2.62 bits per heavy atom. The molecular formula is C26H20N4O3S. The van der Waals surface area contributed by atoms with E-state index >= 15 is 0 Å². The molecule has 34 heavy (non-hydrogen) atoms. The lowest BCUT2D eigenvalue weighted by molar-refractivity contribution is -0.384. The molecule has 0 spiro atoms. The number of furan rings is 1. The van der Waals surface area contributed by atoms with Crippen LogP contribution in [0.4, 0.5) is 11.4 Å². The normalized spacial score (nSPS) is 12.1. The van der Waals surface area contributed by atoms with Crippen LogP contribution >= 0.6 is 11.3 Å². The lowest BCUT2D eigenvalue weighted by Gasteiger charge is -2.03. The molecule has 2 heterocycles. The fourth-order valence-electron chi connectivity index (χ4n) is 3.67. The first-order valence-corrected chi connectivity index (χ1v) is 11.5. The predicted octanol–water partition coefficient (Wildman–Crippen LogP) is 6.60. The van der Waals surface area contributed by atoms with Crippen molar-refractivity contribution in [3.63, 3.8) is 0 Å². The van der Waals surface area contributed by atoms with Crippen LogP contribution in [0.15, 0.2) is 92.7 Å². The minimum absolute atomic E-state index is 0.0638. The van der Waals surface area contributed by atoms with Crippen LogP contribution in [-0.2, 0) is 0 Å². The summed E-state index contributed by atoms with van der Waals surface area (Å²) in [4.78, 5) is 16.1. The highest BCUT2D eigenvalue weighted by Crippen LogP contribution is 2.29. The van der Waals surface area contributed by atoms with Crippen molar-refractivity contribution in [3.8, 4) is 11.5 Å². The number of nitro groups is 1. The minimum atomic E-state index is -0.435. The van der Waals surface area contributed by atoms with Crippen molar-refractivity contribution in [2.45, 2.75) is 13.8 Å². The van der Waals surface area contributed by atoms with Gasteiger partial charge in [-0.15, -0.1) is 11.3 Å². The molecule has 0 amide bonds. The summed E-state index contributed by atoms with van der Waals surface area (Å²) in [5, 5.41) is 19.1. The van der Waals surface area contributed by atoms with Crippen molar-refractivity contribution in [2.24, 2.45) is 10.1 Å². The Balaban J connectivity index is 1.69. The molecule has 5 aromatic rings. The predicted molar refractivity (Wildman–Crippen MR) is 135 cm³/mol. The first-order valence-electron chi connectivity index (χ1n) is 10.6. The zero-order chi connectivity index (χ0) is 23.7. The molecule has 0 N–H and O–H groups in total. The van der Waals surface area contributed by atoms with Gasteiger partial charge in [0.15, 0.2) is 5.76 Å². The number of hydrogen-bond acceptors (Lipinski definition) is 6. The second-order valence-electron chi connectivity index (χ2n) is 7.83. The van der Waals surface area contributed by atoms with Crippen molar-refractivity contribution in [3.05, 3.63) is 110 Å². The highest BCUT2D eigenvalue weighted by Gasteiger charge is 2.15. The number of fused-ring (bicyclic) bond motifs is 1. The summed E-state index contributed by atoms with van der Waals surface area (Å²) in [5.74, 6) is 0.638. The minimum Gasteiger partial charge on any atom is -0.454 e. The average molecular weight is 469 g/mol. The fourth-order valence-corrected chi connectivity index (χ4v) is 4.50. The molecular weight excluding hydrogens is 448 g/mol. The molecule has 0 unspecified atom stereocenters. The highest BCUT2D eigenvalue weighted by molar-refractivity contribution is 7.07. The largest absolute Gasteiger partial charge is 0.454 e. The van der Waals surface area contributed by atoms with Crippen LogP contribution in [0.25, 0.3) is 22.4 Å². The quantitative estimate of drug-likeness (QED) is 0.165. The van der Waals surface area contributed by atoms with Gasteiger partial charge in [0.1, 0.15) is 17.0 Å². The number of aryl methyl sites for hydroxylation is 2. The van der Waals surface area contributed by atoms with Gasteiger partial charge < -0.3 is 4.42 Å². The zero-order valence-corrected chi connectivity index (χ0v) is 19.3. The van der Waals surface area contributed by atoms with Crippen LogP contribution < -0.4 is 4.80 Å². The number of nitrogens with zero attached hydrogens (tertiary/aromatic N) is 4. The first-order chi connectivity index (χ1) is 16.5. The Labute approximate surface area is 199 Å². The van der Waals surface area contributed by atoms with Gasteiger partial charge in [-0.3, -0.25) is 10.1 Å². The summed E-state index contributed by atoms with van der Waals surface area (Å²) in [6.07, 6.45) is 1.77. The molecule has 0 aliphatic heterocycles. The van der Waals surface area contributed by atoms with Gasteiger partial charge in [0.05, 0.1) is 11.1 Å². The monoisotopic (exact) mass is 468 g/mol. The topological polar surface area (TPSA) is 85.9 Å². The third kappa shape index (κ3) is 4.18. The van der Waals surface area contributed by atoms with Crippen LogP contribution in [0.1, 0.15) is 16.7 Å². The van der Waals surface area contributed by atoms with Gasteiger partial charge >= 0.3 is 0 Å². The molecule has 0 saturated carbocycles. The maximum absolute atomic E-state index is 11.5. The second-order valence-corrected chi connectivity index (χ2v) is 8.66. The molecule has 3 aromatic carbocycles. The van der Waals surface area contributed by atoms with Crippen LogP contribution in [0.5, 0.6) is 0 Å². The summed E-state index contributed by atoms with van der Waals surface area (Å²) in [6.45, 7) is 4.08. The first kappa shape index (κ1) is 21.5. The van der Waals surface area contributed by atoms with E-state index in [1.165, 1.54) is 23.0 Å². The number of nitro benzene ring substituents is 1. The molecule has 0 atom stereocenters. The summed E-state index contributed by atoms with van der Waals surface area (Å²) in [5.41, 5.74) is 4.92. The van der Waals surface area contributed by atoms with Gasteiger partial charge in [-0.25, -0.2) is 9.67 Å². The van der Waals surface area contributed by atoms with Crippen molar-refractivity contribution in [1.29, 1.82) is 0 Å². The zero-order valence-electron chi connectivity index (χ0n) is 18.5. The van der Waals surface area contributed by atoms with Crippen molar-refractivity contribution < 1.29 is 9.34 Å². The maximum Gasteiger partial charge on any atom is 0.294 e. The second kappa shape index (κ2) is 8.92. The number of rotatable bonds is 5. The molecule has 0 bridgehead atoms. The number of thiazole rings is 1. The summed E-state index contributed by atoms with van der Waals surface area (Å²) < 4.78 is 7.74. The molecule has 0 aliphatic rings. The Bertz CT molecular complexity index is 1590. The molecule has 8 heteroatoms. The van der Waals surface area contributed by atoms with Gasteiger partial charge in [-0.2, -0.15) is 5.10 Å². The Morgan fingerprint density at radius 1 is 1.03 bits per heavy atom.